The van der Waals surface area contributed by atoms with E-state index >= 15 is 0 Å². The Labute approximate surface area is 177 Å². The summed E-state index contributed by atoms with van der Waals surface area (Å²) in [6, 6.07) is 17.2. The highest BCUT2D eigenvalue weighted by Crippen LogP contribution is 2.27. The Morgan fingerprint density at radius 3 is 2.37 bits per heavy atom. The van der Waals surface area contributed by atoms with Gasteiger partial charge in [0.1, 0.15) is 6.54 Å². The third kappa shape index (κ3) is 5.92. The highest BCUT2D eigenvalue weighted by Gasteiger charge is 2.23. The molecule has 0 unspecified atom stereocenters. The molecule has 2 aromatic carbocycles. The number of benzene rings is 2. The Balaban J connectivity index is 1.51. The van der Waals surface area contributed by atoms with Crippen LogP contribution in [0.2, 0.25) is 0 Å². The SMILES string of the molecule is C[C@@H](OC(=O)CNC(=O)C1CCCCC1)C(=O)Nc1ccccc1-c1ccccc1. The van der Waals surface area contributed by atoms with E-state index in [9.17, 15) is 14.4 Å². The summed E-state index contributed by atoms with van der Waals surface area (Å²) >= 11 is 0. The van der Waals surface area contributed by atoms with Crippen molar-refractivity contribution in [2.24, 2.45) is 5.92 Å². The molecule has 0 bridgehead atoms. The number of carbonyl (C=O) groups excluding carboxylic acids is 3. The van der Waals surface area contributed by atoms with Crippen LogP contribution >= 0.6 is 0 Å². The Hall–Kier alpha value is -3.15. The summed E-state index contributed by atoms with van der Waals surface area (Å²) in [5, 5.41) is 5.46. The van der Waals surface area contributed by atoms with Gasteiger partial charge in [0.2, 0.25) is 5.91 Å². The normalized spacial score (nSPS) is 15.1. The number of hydrogen-bond acceptors (Lipinski definition) is 4. The van der Waals surface area contributed by atoms with E-state index in [1.165, 1.54) is 6.92 Å². The third-order valence-corrected chi connectivity index (χ3v) is 5.33. The summed E-state index contributed by atoms with van der Waals surface area (Å²) in [6.07, 6.45) is 3.99. The summed E-state index contributed by atoms with van der Waals surface area (Å²) in [5.41, 5.74) is 2.50. The molecule has 1 aliphatic carbocycles. The zero-order valence-electron chi connectivity index (χ0n) is 17.2. The summed E-state index contributed by atoms with van der Waals surface area (Å²) < 4.78 is 5.20. The van der Waals surface area contributed by atoms with Crippen LogP contribution in [-0.2, 0) is 19.1 Å². The maximum Gasteiger partial charge on any atom is 0.326 e. The van der Waals surface area contributed by atoms with Crippen molar-refractivity contribution in [2.75, 3.05) is 11.9 Å². The third-order valence-electron chi connectivity index (χ3n) is 5.33. The molecule has 2 N–H and O–H groups in total. The van der Waals surface area contributed by atoms with Gasteiger partial charge in [-0.05, 0) is 31.4 Å². The fraction of sp³-hybridized carbons (Fsp3) is 0.375. The highest BCUT2D eigenvalue weighted by molar-refractivity contribution is 5.98. The minimum atomic E-state index is -0.979. The lowest BCUT2D eigenvalue weighted by atomic mass is 9.89. The number of ether oxygens (including phenoxy) is 1. The van der Waals surface area contributed by atoms with Crippen LogP contribution in [0.4, 0.5) is 5.69 Å². The molecule has 3 rings (SSSR count). The molecule has 0 heterocycles. The molecule has 2 amide bonds. The van der Waals surface area contributed by atoms with Crippen LogP contribution in [-0.4, -0.2) is 30.4 Å². The summed E-state index contributed by atoms with van der Waals surface area (Å²) in [4.78, 5) is 36.7. The summed E-state index contributed by atoms with van der Waals surface area (Å²) in [5.74, 6) is -1.19. The molecule has 0 spiro atoms. The van der Waals surface area contributed by atoms with Crippen molar-refractivity contribution in [3.8, 4) is 11.1 Å². The Morgan fingerprint density at radius 1 is 0.967 bits per heavy atom. The number of hydrogen-bond donors (Lipinski definition) is 2. The summed E-state index contributed by atoms with van der Waals surface area (Å²) in [6.45, 7) is 1.29. The predicted molar refractivity (Wildman–Crippen MR) is 116 cm³/mol. The van der Waals surface area contributed by atoms with Gasteiger partial charge in [0.25, 0.3) is 5.91 Å². The molecule has 0 radical (unpaired) electrons. The quantitative estimate of drug-likeness (QED) is 0.680. The highest BCUT2D eigenvalue weighted by atomic mass is 16.5. The van der Waals surface area contributed by atoms with Crippen LogP contribution < -0.4 is 10.6 Å². The molecule has 2 aromatic rings. The van der Waals surface area contributed by atoms with Crippen molar-refractivity contribution in [2.45, 2.75) is 45.1 Å². The zero-order valence-corrected chi connectivity index (χ0v) is 17.2. The van der Waals surface area contributed by atoms with E-state index in [1.54, 1.807) is 6.07 Å². The second-order valence-electron chi connectivity index (χ2n) is 7.59. The lowest BCUT2D eigenvalue weighted by Gasteiger charge is -2.20. The van der Waals surface area contributed by atoms with Crippen LogP contribution in [0.15, 0.2) is 54.6 Å². The fourth-order valence-electron chi connectivity index (χ4n) is 3.66. The number of nitrogens with one attached hydrogen (secondary N) is 2. The lowest BCUT2D eigenvalue weighted by Crippen LogP contribution is -2.38. The summed E-state index contributed by atoms with van der Waals surface area (Å²) in [7, 11) is 0. The number of anilines is 1. The molecule has 0 saturated heterocycles. The van der Waals surface area contributed by atoms with Crippen molar-refractivity contribution in [3.63, 3.8) is 0 Å². The Kier molecular flexibility index (Phi) is 7.60. The fourth-order valence-corrected chi connectivity index (χ4v) is 3.66. The van der Waals surface area contributed by atoms with Gasteiger partial charge in [0.15, 0.2) is 6.10 Å². The van der Waals surface area contributed by atoms with E-state index in [0.717, 1.165) is 43.2 Å². The molecular formula is C24H28N2O4. The van der Waals surface area contributed by atoms with E-state index < -0.39 is 18.0 Å². The number of esters is 1. The monoisotopic (exact) mass is 408 g/mol. The average molecular weight is 408 g/mol. The first-order valence-electron chi connectivity index (χ1n) is 10.5. The first kappa shape index (κ1) is 21.6. The number of rotatable bonds is 7. The molecule has 6 nitrogen and oxygen atoms in total. The van der Waals surface area contributed by atoms with Crippen LogP contribution in [0.3, 0.4) is 0 Å². The van der Waals surface area contributed by atoms with Gasteiger partial charge in [-0.2, -0.15) is 0 Å². The molecule has 6 heteroatoms. The van der Waals surface area contributed by atoms with Crippen molar-refractivity contribution in [3.05, 3.63) is 54.6 Å². The standard InChI is InChI=1S/C24H28N2O4/c1-17(30-22(27)16-25-24(29)19-12-6-3-7-13-19)23(28)26-21-15-9-8-14-20(21)18-10-4-2-5-11-18/h2,4-5,8-11,14-15,17,19H,3,6-7,12-13,16H2,1H3,(H,25,29)(H,26,28)/t17-/m1/s1. The first-order chi connectivity index (χ1) is 14.5. The van der Waals surface area contributed by atoms with Crippen molar-refractivity contribution in [1.82, 2.24) is 5.32 Å². The maximum atomic E-state index is 12.5. The van der Waals surface area contributed by atoms with Gasteiger partial charge in [-0.3, -0.25) is 14.4 Å². The van der Waals surface area contributed by atoms with Gasteiger partial charge in [-0.15, -0.1) is 0 Å². The molecule has 1 atom stereocenters. The topological polar surface area (TPSA) is 84.5 Å². The van der Waals surface area contributed by atoms with E-state index in [1.807, 2.05) is 48.5 Å². The second kappa shape index (κ2) is 10.6. The molecular weight excluding hydrogens is 380 g/mol. The largest absolute Gasteiger partial charge is 0.451 e. The predicted octanol–water partition coefficient (Wildman–Crippen LogP) is 3.92. The molecule has 158 valence electrons. The van der Waals surface area contributed by atoms with Crippen LogP contribution in [0.1, 0.15) is 39.0 Å². The van der Waals surface area contributed by atoms with E-state index in [0.29, 0.717) is 5.69 Å². The van der Waals surface area contributed by atoms with Gasteiger partial charge in [-0.1, -0.05) is 67.8 Å². The van der Waals surface area contributed by atoms with Gasteiger partial charge < -0.3 is 15.4 Å². The lowest BCUT2D eigenvalue weighted by molar-refractivity contribution is -0.153. The molecule has 1 saturated carbocycles. The smallest absolute Gasteiger partial charge is 0.326 e. The molecule has 1 aliphatic rings. The van der Waals surface area contributed by atoms with Gasteiger partial charge in [0.05, 0.1) is 0 Å². The maximum absolute atomic E-state index is 12.5. The van der Waals surface area contributed by atoms with Crippen molar-refractivity contribution >= 4 is 23.5 Å². The molecule has 1 fully saturated rings. The minimum Gasteiger partial charge on any atom is -0.451 e. The van der Waals surface area contributed by atoms with E-state index in [4.69, 9.17) is 4.74 Å². The molecule has 0 aromatic heterocycles. The van der Waals surface area contributed by atoms with Crippen LogP contribution in [0.5, 0.6) is 0 Å². The van der Waals surface area contributed by atoms with Gasteiger partial charge >= 0.3 is 5.97 Å². The first-order valence-corrected chi connectivity index (χ1v) is 10.5. The average Bonchev–Trinajstić information content (AvgIpc) is 2.79. The zero-order chi connectivity index (χ0) is 21.3. The second-order valence-corrected chi connectivity index (χ2v) is 7.59. The van der Waals surface area contributed by atoms with Crippen LogP contribution in [0, 0.1) is 5.92 Å². The van der Waals surface area contributed by atoms with Gasteiger partial charge in [0, 0.05) is 17.2 Å². The Bertz CT molecular complexity index is 876. The number of carbonyl (C=O) groups is 3. The number of para-hydroxylation sites is 1. The van der Waals surface area contributed by atoms with Crippen molar-refractivity contribution in [1.29, 1.82) is 0 Å². The van der Waals surface area contributed by atoms with Gasteiger partial charge in [-0.25, -0.2) is 0 Å². The molecule has 30 heavy (non-hydrogen) atoms. The Morgan fingerprint density at radius 2 is 1.63 bits per heavy atom. The van der Waals surface area contributed by atoms with E-state index in [-0.39, 0.29) is 18.4 Å². The number of amides is 2. The minimum absolute atomic E-state index is 0.0261. The van der Waals surface area contributed by atoms with Crippen LogP contribution in [0.25, 0.3) is 11.1 Å². The van der Waals surface area contributed by atoms with E-state index in [2.05, 4.69) is 10.6 Å². The molecule has 0 aliphatic heterocycles. The van der Waals surface area contributed by atoms with Crippen molar-refractivity contribution < 1.29 is 19.1 Å².